The number of benzene rings is 1. The van der Waals surface area contributed by atoms with E-state index < -0.39 is 16.1 Å². The molecular formula is C11H18N2O3S. The summed E-state index contributed by atoms with van der Waals surface area (Å²) in [5, 5.41) is 9.18. The monoisotopic (exact) mass is 258 g/mol. The van der Waals surface area contributed by atoms with E-state index in [1.165, 1.54) is 24.3 Å². The summed E-state index contributed by atoms with van der Waals surface area (Å²) in [7, 11) is -3.54. The lowest BCUT2D eigenvalue weighted by atomic mass is 10.2. The molecule has 1 aromatic rings. The molecular weight excluding hydrogens is 240 g/mol. The number of hydrogen-bond acceptors (Lipinski definition) is 4. The summed E-state index contributed by atoms with van der Waals surface area (Å²) in [5.41, 5.74) is 6.00. The first kappa shape index (κ1) is 14.0. The number of rotatable bonds is 5. The van der Waals surface area contributed by atoms with Gasteiger partial charge in [-0.25, -0.2) is 13.1 Å². The molecule has 0 spiro atoms. The van der Waals surface area contributed by atoms with Crippen molar-refractivity contribution in [2.75, 3.05) is 5.73 Å². The van der Waals surface area contributed by atoms with Gasteiger partial charge in [-0.3, -0.25) is 0 Å². The molecule has 0 saturated carbocycles. The molecule has 96 valence electrons. The first-order chi connectivity index (χ1) is 7.81. The molecule has 0 saturated heterocycles. The quantitative estimate of drug-likeness (QED) is 0.678. The molecule has 2 unspecified atom stereocenters. The number of anilines is 1. The average Bonchev–Trinajstić information content (AvgIpc) is 2.15. The van der Waals surface area contributed by atoms with Crippen LogP contribution in [-0.2, 0) is 10.0 Å². The summed E-state index contributed by atoms with van der Waals surface area (Å²) in [6, 6.07) is 5.65. The van der Waals surface area contributed by atoms with Crippen molar-refractivity contribution in [3.8, 4) is 0 Å². The third kappa shape index (κ3) is 4.33. The Labute approximate surface area is 102 Å². The molecule has 0 fully saturated rings. The molecule has 2 atom stereocenters. The molecule has 0 aliphatic rings. The lowest BCUT2D eigenvalue weighted by Gasteiger charge is -2.15. The van der Waals surface area contributed by atoms with Gasteiger partial charge in [0.05, 0.1) is 11.0 Å². The maximum atomic E-state index is 11.9. The summed E-state index contributed by atoms with van der Waals surface area (Å²) in [6.45, 7) is 3.33. The Morgan fingerprint density at radius 2 is 1.82 bits per heavy atom. The lowest BCUT2D eigenvalue weighted by molar-refractivity contribution is 0.175. The summed E-state index contributed by atoms with van der Waals surface area (Å²) >= 11 is 0. The molecule has 0 bridgehead atoms. The van der Waals surface area contributed by atoms with Gasteiger partial charge in [0.1, 0.15) is 0 Å². The van der Waals surface area contributed by atoms with Crippen molar-refractivity contribution in [1.29, 1.82) is 0 Å². The van der Waals surface area contributed by atoms with E-state index in [2.05, 4.69) is 4.72 Å². The topological polar surface area (TPSA) is 92.4 Å². The van der Waals surface area contributed by atoms with Gasteiger partial charge >= 0.3 is 0 Å². The van der Waals surface area contributed by atoms with Crippen molar-refractivity contribution in [3.63, 3.8) is 0 Å². The molecule has 6 heteroatoms. The molecule has 17 heavy (non-hydrogen) atoms. The van der Waals surface area contributed by atoms with Crippen molar-refractivity contribution in [1.82, 2.24) is 4.72 Å². The van der Waals surface area contributed by atoms with E-state index in [1.807, 2.05) is 0 Å². The molecule has 4 N–H and O–H groups in total. The zero-order chi connectivity index (χ0) is 13.1. The van der Waals surface area contributed by atoms with Crippen LogP contribution in [-0.4, -0.2) is 25.7 Å². The SMILES string of the molecule is CC(O)CC(C)NS(=O)(=O)c1ccc(N)cc1. The minimum Gasteiger partial charge on any atom is -0.399 e. The van der Waals surface area contributed by atoms with E-state index in [1.54, 1.807) is 13.8 Å². The minimum absolute atomic E-state index is 0.171. The normalized spacial score (nSPS) is 15.5. The second-order valence-electron chi connectivity index (χ2n) is 4.18. The first-order valence-corrected chi connectivity index (χ1v) is 6.85. The molecule has 0 amide bonds. The maximum Gasteiger partial charge on any atom is 0.240 e. The fourth-order valence-electron chi connectivity index (χ4n) is 1.54. The highest BCUT2D eigenvalue weighted by molar-refractivity contribution is 7.89. The Hall–Kier alpha value is -1.11. The Bertz CT molecular complexity index is 454. The summed E-state index contributed by atoms with van der Waals surface area (Å²) in [6.07, 6.45) is -0.173. The van der Waals surface area contributed by atoms with Crippen molar-refractivity contribution >= 4 is 15.7 Å². The summed E-state index contributed by atoms with van der Waals surface area (Å²) in [4.78, 5) is 0.171. The number of nitrogens with one attached hydrogen (secondary N) is 1. The van der Waals surface area contributed by atoms with E-state index in [4.69, 9.17) is 5.73 Å². The van der Waals surface area contributed by atoms with Crippen LogP contribution in [0, 0.1) is 0 Å². The van der Waals surface area contributed by atoms with Gasteiger partial charge in [-0.05, 0) is 44.5 Å². The molecule has 0 radical (unpaired) electrons. The summed E-state index contributed by atoms with van der Waals surface area (Å²) in [5.74, 6) is 0. The number of hydrogen-bond donors (Lipinski definition) is 3. The van der Waals surface area contributed by atoms with E-state index >= 15 is 0 Å². The van der Waals surface area contributed by atoms with Crippen molar-refractivity contribution < 1.29 is 13.5 Å². The molecule has 0 heterocycles. The van der Waals surface area contributed by atoms with Crippen LogP contribution >= 0.6 is 0 Å². The molecule has 5 nitrogen and oxygen atoms in total. The zero-order valence-electron chi connectivity index (χ0n) is 9.92. The van der Waals surface area contributed by atoms with E-state index in [-0.39, 0.29) is 10.9 Å². The molecule has 0 aliphatic carbocycles. The van der Waals surface area contributed by atoms with Crippen molar-refractivity contribution in [3.05, 3.63) is 24.3 Å². The number of aliphatic hydroxyl groups is 1. The second kappa shape index (κ2) is 5.48. The van der Waals surface area contributed by atoms with Crippen LogP contribution in [0.2, 0.25) is 0 Å². The Morgan fingerprint density at radius 3 is 2.29 bits per heavy atom. The van der Waals surface area contributed by atoms with Crippen LogP contribution in [0.4, 0.5) is 5.69 Å². The van der Waals surface area contributed by atoms with Crippen LogP contribution in [0.1, 0.15) is 20.3 Å². The van der Waals surface area contributed by atoms with Gasteiger partial charge in [0.25, 0.3) is 0 Å². The van der Waals surface area contributed by atoms with Gasteiger partial charge in [0.2, 0.25) is 10.0 Å². The zero-order valence-corrected chi connectivity index (χ0v) is 10.7. The van der Waals surface area contributed by atoms with Crippen LogP contribution < -0.4 is 10.5 Å². The third-order valence-corrected chi connectivity index (χ3v) is 3.85. The molecule has 0 aromatic heterocycles. The molecule has 1 rings (SSSR count). The smallest absolute Gasteiger partial charge is 0.240 e. The average molecular weight is 258 g/mol. The number of sulfonamides is 1. The van der Waals surface area contributed by atoms with Gasteiger partial charge in [-0.2, -0.15) is 0 Å². The highest BCUT2D eigenvalue weighted by Crippen LogP contribution is 2.12. The van der Waals surface area contributed by atoms with Gasteiger partial charge in [0, 0.05) is 11.7 Å². The minimum atomic E-state index is -3.54. The predicted molar refractivity (Wildman–Crippen MR) is 66.9 cm³/mol. The molecule has 0 aliphatic heterocycles. The van der Waals surface area contributed by atoms with E-state index in [0.29, 0.717) is 12.1 Å². The van der Waals surface area contributed by atoms with Gasteiger partial charge in [0.15, 0.2) is 0 Å². The Kier molecular flexibility index (Phi) is 4.50. The van der Waals surface area contributed by atoms with Gasteiger partial charge in [-0.15, -0.1) is 0 Å². The Morgan fingerprint density at radius 1 is 1.29 bits per heavy atom. The fourth-order valence-corrected chi connectivity index (χ4v) is 2.80. The fraction of sp³-hybridized carbons (Fsp3) is 0.455. The van der Waals surface area contributed by atoms with Crippen LogP contribution in [0.3, 0.4) is 0 Å². The number of nitrogens with two attached hydrogens (primary N) is 1. The van der Waals surface area contributed by atoms with Crippen LogP contribution in [0.25, 0.3) is 0 Å². The predicted octanol–water partition coefficient (Wildman–Crippen LogP) is 0.706. The van der Waals surface area contributed by atoms with Crippen molar-refractivity contribution in [2.24, 2.45) is 0 Å². The van der Waals surface area contributed by atoms with Crippen LogP contribution in [0.15, 0.2) is 29.2 Å². The molecule has 1 aromatic carbocycles. The standard InChI is InChI=1S/C11H18N2O3S/c1-8(7-9(2)14)13-17(15,16)11-5-3-10(12)4-6-11/h3-6,8-9,13-14H,7,12H2,1-2H3. The van der Waals surface area contributed by atoms with Crippen LogP contribution in [0.5, 0.6) is 0 Å². The lowest BCUT2D eigenvalue weighted by Crippen LogP contribution is -2.34. The number of aliphatic hydroxyl groups excluding tert-OH is 1. The van der Waals surface area contributed by atoms with E-state index in [0.717, 1.165) is 0 Å². The van der Waals surface area contributed by atoms with Gasteiger partial charge < -0.3 is 10.8 Å². The van der Waals surface area contributed by atoms with Crippen molar-refractivity contribution in [2.45, 2.75) is 37.3 Å². The highest BCUT2D eigenvalue weighted by Gasteiger charge is 2.17. The third-order valence-electron chi connectivity index (χ3n) is 2.24. The number of nitrogen functional groups attached to an aromatic ring is 1. The Balaban J connectivity index is 2.78. The van der Waals surface area contributed by atoms with E-state index in [9.17, 15) is 13.5 Å². The summed E-state index contributed by atoms with van der Waals surface area (Å²) < 4.78 is 26.3. The maximum absolute atomic E-state index is 11.9. The first-order valence-electron chi connectivity index (χ1n) is 5.37. The second-order valence-corrected chi connectivity index (χ2v) is 5.89. The largest absolute Gasteiger partial charge is 0.399 e. The van der Waals surface area contributed by atoms with Gasteiger partial charge in [-0.1, -0.05) is 0 Å². The highest BCUT2D eigenvalue weighted by atomic mass is 32.2.